The normalized spacial score (nSPS) is 16.7. The molecular weight excluding hydrogens is 328 g/mol. The molecule has 0 N–H and O–H groups in total. The van der Waals surface area contributed by atoms with Gasteiger partial charge >= 0.3 is 0 Å². The monoisotopic (exact) mass is 364 g/mol. The molecule has 0 aromatic heterocycles. The highest BCUT2D eigenvalue weighted by atomic mass is 16.7. The van der Waals surface area contributed by atoms with Crippen LogP contribution in [0.5, 0.6) is 0 Å². The Hall–Kier alpha value is -0.940. The van der Waals surface area contributed by atoms with Crippen LogP contribution in [-0.4, -0.2) is 26.4 Å². The van der Waals surface area contributed by atoms with E-state index in [4.69, 9.17) is 18.9 Å². The van der Waals surface area contributed by atoms with Gasteiger partial charge in [0.05, 0.1) is 0 Å². The molecule has 1 saturated carbocycles. The molecule has 4 nitrogen and oxygen atoms in total. The van der Waals surface area contributed by atoms with E-state index in [0.29, 0.717) is 26.4 Å². The number of rotatable bonds is 11. The smallest absolute Gasteiger partial charge is 0.184 e. The van der Waals surface area contributed by atoms with E-state index in [2.05, 4.69) is 25.1 Å². The lowest BCUT2D eigenvalue weighted by atomic mass is 9.79. The lowest BCUT2D eigenvalue weighted by molar-refractivity contribution is -0.156. The minimum absolute atomic E-state index is 0.239. The largest absolute Gasteiger partial charge is 0.349 e. The van der Waals surface area contributed by atoms with Crippen LogP contribution in [0.3, 0.4) is 0 Å². The van der Waals surface area contributed by atoms with Crippen LogP contribution in [0.15, 0.2) is 18.2 Å². The summed E-state index contributed by atoms with van der Waals surface area (Å²) in [6.07, 6.45) is 4.28. The lowest BCUT2D eigenvalue weighted by Gasteiger charge is -2.29. The molecule has 0 atom stereocenters. The molecule has 0 aliphatic heterocycles. The number of ether oxygens (including phenoxy) is 4. The zero-order valence-corrected chi connectivity index (χ0v) is 17.2. The minimum atomic E-state index is -0.395. The molecule has 1 aliphatic rings. The SMILES string of the molecule is CCOC(OCC)c1ccc(C2(C)CCCC2)cc1C(OCC)OCC. The van der Waals surface area contributed by atoms with Gasteiger partial charge in [0.1, 0.15) is 0 Å². The number of hydrogen-bond donors (Lipinski definition) is 0. The predicted octanol–water partition coefficient (Wildman–Crippen LogP) is 5.66. The van der Waals surface area contributed by atoms with E-state index in [0.717, 1.165) is 11.1 Å². The Kier molecular flexibility index (Phi) is 8.55. The second kappa shape index (κ2) is 10.4. The maximum absolute atomic E-state index is 5.93. The molecule has 2 rings (SSSR count). The van der Waals surface area contributed by atoms with Crippen molar-refractivity contribution in [3.8, 4) is 0 Å². The third kappa shape index (κ3) is 5.07. The van der Waals surface area contributed by atoms with Crippen molar-refractivity contribution < 1.29 is 18.9 Å². The van der Waals surface area contributed by atoms with Crippen LogP contribution in [0, 0.1) is 0 Å². The molecule has 0 spiro atoms. The van der Waals surface area contributed by atoms with Crippen molar-refractivity contribution in [3.05, 3.63) is 34.9 Å². The fourth-order valence-electron chi connectivity index (χ4n) is 3.87. The van der Waals surface area contributed by atoms with Gasteiger partial charge in [-0.3, -0.25) is 0 Å². The number of benzene rings is 1. The van der Waals surface area contributed by atoms with Gasteiger partial charge in [-0.25, -0.2) is 0 Å². The molecule has 0 heterocycles. The molecule has 1 aromatic carbocycles. The maximum Gasteiger partial charge on any atom is 0.184 e. The van der Waals surface area contributed by atoms with Gasteiger partial charge < -0.3 is 18.9 Å². The average molecular weight is 365 g/mol. The van der Waals surface area contributed by atoms with E-state index in [9.17, 15) is 0 Å². The summed E-state index contributed by atoms with van der Waals surface area (Å²) in [7, 11) is 0. The Balaban J connectivity index is 2.47. The quantitative estimate of drug-likeness (QED) is 0.475. The molecule has 0 unspecified atom stereocenters. The van der Waals surface area contributed by atoms with Gasteiger partial charge in [0.2, 0.25) is 0 Å². The van der Waals surface area contributed by atoms with Crippen molar-refractivity contribution >= 4 is 0 Å². The van der Waals surface area contributed by atoms with Gasteiger partial charge in [-0.2, -0.15) is 0 Å². The summed E-state index contributed by atoms with van der Waals surface area (Å²) in [6.45, 7) is 12.7. The first kappa shape index (κ1) is 21.4. The predicted molar refractivity (Wildman–Crippen MR) is 104 cm³/mol. The number of hydrogen-bond acceptors (Lipinski definition) is 4. The molecule has 148 valence electrons. The summed E-state index contributed by atoms with van der Waals surface area (Å²) in [5.41, 5.74) is 3.64. The van der Waals surface area contributed by atoms with E-state index < -0.39 is 12.6 Å². The van der Waals surface area contributed by atoms with Crippen LogP contribution in [-0.2, 0) is 24.4 Å². The fraction of sp³-hybridized carbons (Fsp3) is 0.727. The second-order valence-electron chi connectivity index (χ2n) is 7.10. The molecule has 0 radical (unpaired) electrons. The summed E-state index contributed by atoms with van der Waals surface area (Å²) in [6, 6.07) is 6.65. The van der Waals surface area contributed by atoms with Crippen LogP contribution in [0.4, 0.5) is 0 Å². The lowest BCUT2D eigenvalue weighted by Crippen LogP contribution is -2.21. The van der Waals surface area contributed by atoms with Crippen molar-refractivity contribution in [1.82, 2.24) is 0 Å². The maximum atomic E-state index is 5.93. The first-order valence-corrected chi connectivity index (χ1v) is 10.2. The highest BCUT2D eigenvalue weighted by Gasteiger charge is 2.32. The highest BCUT2D eigenvalue weighted by molar-refractivity contribution is 5.38. The molecule has 1 aromatic rings. The summed E-state index contributed by atoms with van der Waals surface area (Å²) < 4.78 is 23.6. The van der Waals surface area contributed by atoms with Crippen LogP contribution in [0.1, 0.15) is 89.6 Å². The molecule has 1 aliphatic carbocycles. The molecule has 4 heteroatoms. The summed E-state index contributed by atoms with van der Waals surface area (Å²) in [4.78, 5) is 0. The average Bonchev–Trinajstić information content (AvgIpc) is 3.09. The van der Waals surface area contributed by atoms with E-state index in [1.54, 1.807) is 0 Å². The van der Waals surface area contributed by atoms with E-state index in [-0.39, 0.29) is 5.41 Å². The molecule has 1 fully saturated rings. The third-order valence-corrected chi connectivity index (χ3v) is 5.27. The Labute approximate surface area is 159 Å². The Morgan fingerprint density at radius 2 is 1.23 bits per heavy atom. The molecule has 0 saturated heterocycles. The molecular formula is C22H36O4. The Bertz CT molecular complexity index is 525. The minimum Gasteiger partial charge on any atom is -0.349 e. The summed E-state index contributed by atoms with van der Waals surface area (Å²) in [5.74, 6) is 0. The van der Waals surface area contributed by atoms with Gasteiger partial charge in [-0.15, -0.1) is 0 Å². The van der Waals surface area contributed by atoms with Gasteiger partial charge in [-0.05, 0) is 57.6 Å². The van der Waals surface area contributed by atoms with Crippen molar-refractivity contribution in [2.45, 2.75) is 78.3 Å². The first-order chi connectivity index (χ1) is 12.6. The van der Waals surface area contributed by atoms with Crippen molar-refractivity contribution in [3.63, 3.8) is 0 Å². The van der Waals surface area contributed by atoms with Gasteiger partial charge in [0, 0.05) is 37.6 Å². The van der Waals surface area contributed by atoms with Crippen LogP contribution in [0.2, 0.25) is 0 Å². The van der Waals surface area contributed by atoms with Crippen molar-refractivity contribution in [2.75, 3.05) is 26.4 Å². The van der Waals surface area contributed by atoms with E-state index in [1.165, 1.54) is 31.2 Å². The topological polar surface area (TPSA) is 36.9 Å². The first-order valence-electron chi connectivity index (χ1n) is 10.2. The Morgan fingerprint density at radius 3 is 1.69 bits per heavy atom. The fourth-order valence-corrected chi connectivity index (χ4v) is 3.87. The van der Waals surface area contributed by atoms with E-state index >= 15 is 0 Å². The molecule has 0 bridgehead atoms. The molecule has 0 amide bonds. The Morgan fingerprint density at radius 1 is 0.769 bits per heavy atom. The van der Waals surface area contributed by atoms with Gasteiger partial charge in [0.15, 0.2) is 12.6 Å². The van der Waals surface area contributed by atoms with Crippen LogP contribution in [0.25, 0.3) is 0 Å². The summed E-state index contributed by atoms with van der Waals surface area (Å²) >= 11 is 0. The zero-order valence-electron chi connectivity index (χ0n) is 17.2. The third-order valence-electron chi connectivity index (χ3n) is 5.27. The second-order valence-corrected chi connectivity index (χ2v) is 7.10. The standard InChI is InChI=1S/C22H36O4/c1-6-23-20(24-7-2)18-13-12-17(22(5)14-10-11-15-22)16-19(18)21(25-8-3)26-9-4/h12-13,16,20-21H,6-11,14-15H2,1-5H3. The van der Waals surface area contributed by atoms with Crippen molar-refractivity contribution in [1.29, 1.82) is 0 Å². The summed E-state index contributed by atoms with van der Waals surface area (Å²) in [5, 5.41) is 0. The van der Waals surface area contributed by atoms with Crippen molar-refractivity contribution in [2.24, 2.45) is 0 Å². The van der Waals surface area contributed by atoms with Gasteiger partial charge in [-0.1, -0.05) is 31.9 Å². The van der Waals surface area contributed by atoms with Crippen LogP contribution >= 0.6 is 0 Å². The molecule has 26 heavy (non-hydrogen) atoms. The zero-order chi connectivity index (χ0) is 19.0. The van der Waals surface area contributed by atoms with Crippen LogP contribution < -0.4 is 0 Å². The highest BCUT2D eigenvalue weighted by Crippen LogP contribution is 2.42. The van der Waals surface area contributed by atoms with E-state index in [1.807, 2.05) is 27.7 Å². The van der Waals surface area contributed by atoms with Gasteiger partial charge in [0.25, 0.3) is 0 Å².